The zero-order chi connectivity index (χ0) is 16.3. The molecule has 0 saturated carbocycles. The maximum atomic E-state index is 11.7. The highest BCUT2D eigenvalue weighted by molar-refractivity contribution is 5.84. The van der Waals surface area contributed by atoms with Crippen molar-refractivity contribution in [3.05, 3.63) is 36.1 Å². The first-order valence-corrected chi connectivity index (χ1v) is 6.94. The fourth-order valence-electron chi connectivity index (χ4n) is 2.06. The van der Waals surface area contributed by atoms with Gasteiger partial charge in [0.25, 0.3) is 0 Å². The van der Waals surface area contributed by atoms with Crippen molar-refractivity contribution in [2.75, 3.05) is 0 Å². The molecule has 0 radical (unpaired) electrons. The van der Waals surface area contributed by atoms with E-state index in [1.165, 1.54) is 6.26 Å². The molecule has 0 fully saturated rings. The molecule has 1 aromatic carbocycles. The van der Waals surface area contributed by atoms with Crippen LogP contribution in [0, 0.1) is 0 Å². The molecule has 0 aliphatic rings. The average molecular weight is 305 g/mol. The summed E-state index contributed by atoms with van der Waals surface area (Å²) < 4.78 is 10.5. The van der Waals surface area contributed by atoms with E-state index in [4.69, 9.17) is 9.15 Å². The van der Waals surface area contributed by atoms with Crippen LogP contribution in [0.4, 0.5) is 4.79 Å². The van der Waals surface area contributed by atoms with Gasteiger partial charge in [0, 0.05) is 17.4 Å². The number of carbonyl (C=O) groups excluding carboxylic acids is 1. The Morgan fingerprint density at radius 1 is 1.32 bits per heavy atom. The molecule has 6 heteroatoms. The summed E-state index contributed by atoms with van der Waals surface area (Å²) in [7, 11) is 0. The van der Waals surface area contributed by atoms with Gasteiger partial charge in [-0.3, -0.25) is 0 Å². The Labute approximate surface area is 128 Å². The van der Waals surface area contributed by atoms with Crippen molar-refractivity contribution in [1.29, 1.82) is 0 Å². The molecule has 0 spiro atoms. The van der Waals surface area contributed by atoms with E-state index in [9.17, 15) is 14.7 Å². The van der Waals surface area contributed by atoms with E-state index in [1.54, 1.807) is 26.8 Å². The van der Waals surface area contributed by atoms with Crippen LogP contribution in [-0.2, 0) is 16.0 Å². The van der Waals surface area contributed by atoms with Gasteiger partial charge in [0.05, 0.1) is 6.26 Å². The molecular weight excluding hydrogens is 286 g/mol. The molecule has 0 bridgehead atoms. The Morgan fingerprint density at radius 2 is 2.00 bits per heavy atom. The van der Waals surface area contributed by atoms with Crippen LogP contribution in [0.15, 0.2) is 34.9 Å². The minimum Gasteiger partial charge on any atom is -0.480 e. The number of para-hydroxylation sites is 1. The maximum absolute atomic E-state index is 11.7. The minimum atomic E-state index is -1.13. The molecule has 2 aromatic rings. The first-order valence-electron chi connectivity index (χ1n) is 6.94. The summed E-state index contributed by atoms with van der Waals surface area (Å²) in [5.74, 6) is -1.13. The number of benzene rings is 1. The van der Waals surface area contributed by atoms with Crippen molar-refractivity contribution in [2.24, 2.45) is 0 Å². The van der Waals surface area contributed by atoms with Crippen molar-refractivity contribution in [2.45, 2.75) is 38.8 Å². The topological polar surface area (TPSA) is 88.8 Å². The summed E-state index contributed by atoms with van der Waals surface area (Å²) in [6.45, 7) is 5.14. The van der Waals surface area contributed by atoms with Crippen LogP contribution >= 0.6 is 0 Å². The number of nitrogens with one attached hydrogen (secondary N) is 1. The molecule has 6 nitrogen and oxygen atoms in total. The number of hydrogen-bond acceptors (Lipinski definition) is 4. The van der Waals surface area contributed by atoms with Crippen LogP contribution < -0.4 is 5.32 Å². The smallest absolute Gasteiger partial charge is 0.408 e. The number of aliphatic carboxylic acids is 1. The molecule has 2 rings (SSSR count). The number of hydrogen-bond donors (Lipinski definition) is 2. The van der Waals surface area contributed by atoms with Gasteiger partial charge in [-0.05, 0) is 26.8 Å². The fourth-order valence-corrected chi connectivity index (χ4v) is 2.06. The second kappa shape index (κ2) is 6.09. The highest BCUT2D eigenvalue weighted by Gasteiger charge is 2.25. The first-order chi connectivity index (χ1) is 10.3. The van der Waals surface area contributed by atoms with Crippen molar-refractivity contribution in [1.82, 2.24) is 5.32 Å². The molecule has 0 aliphatic carbocycles. The Morgan fingerprint density at radius 3 is 2.64 bits per heavy atom. The van der Waals surface area contributed by atoms with E-state index in [2.05, 4.69) is 5.32 Å². The van der Waals surface area contributed by atoms with Crippen molar-refractivity contribution >= 4 is 23.0 Å². The average Bonchev–Trinajstić information content (AvgIpc) is 2.79. The summed E-state index contributed by atoms with van der Waals surface area (Å²) in [5, 5.41) is 12.5. The maximum Gasteiger partial charge on any atom is 0.408 e. The summed E-state index contributed by atoms with van der Waals surface area (Å²) >= 11 is 0. The number of fused-ring (bicyclic) bond motifs is 1. The normalized spacial score (nSPS) is 12.9. The van der Waals surface area contributed by atoms with Crippen molar-refractivity contribution in [3.8, 4) is 0 Å². The predicted molar refractivity (Wildman–Crippen MR) is 80.7 cm³/mol. The van der Waals surface area contributed by atoms with E-state index >= 15 is 0 Å². The predicted octanol–water partition coefficient (Wildman–Crippen LogP) is 2.95. The van der Waals surface area contributed by atoms with Gasteiger partial charge in [0.15, 0.2) is 0 Å². The molecule has 1 heterocycles. The Kier molecular flexibility index (Phi) is 4.40. The summed E-state index contributed by atoms with van der Waals surface area (Å²) in [6, 6.07) is 6.24. The van der Waals surface area contributed by atoms with Crippen LogP contribution in [0.25, 0.3) is 11.0 Å². The zero-order valence-corrected chi connectivity index (χ0v) is 12.8. The van der Waals surface area contributed by atoms with Gasteiger partial charge in [0.2, 0.25) is 0 Å². The third-order valence-corrected chi connectivity index (χ3v) is 2.97. The van der Waals surface area contributed by atoms with Gasteiger partial charge in [-0.25, -0.2) is 9.59 Å². The van der Waals surface area contributed by atoms with E-state index in [0.29, 0.717) is 5.58 Å². The summed E-state index contributed by atoms with van der Waals surface area (Å²) in [5.41, 5.74) is 0.716. The van der Waals surface area contributed by atoms with Gasteiger partial charge < -0.3 is 19.6 Å². The molecule has 22 heavy (non-hydrogen) atoms. The molecule has 0 aliphatic heterocycles. The quantitative estimate of drug-likeness (QED) is 0.906. The number of alkyl carbamates (subject to hydrolysis) is 1. The SMILES string of the molecule is CC(C)(C)OC(=O)NC(Cc1coc2ccccc12)C(=O)O. The molecule has 1 atom stereocenters. The van der Waals surface area contributed by atoms with E-state index in [0.717, 1.165) is 10.9 Å². The van der Waals surface area contributed by atoms with Crippen LogP contribution in [0.3, 0.4) is 0 Å². The number of amides is 1. The Hall–Kier alpha value is -2.50. The van der Waals surface area contributed by atoms with Gasteiger partial charge in [-0.15, -0.1) is 0 Å². The monoisotopic (exact) mass is 305 g/mol. The largest absolute Gasteiger partial charge is 0.480 e. The molecule has 2 N–H and O–H groups in total. The number of ether oxygens (including phenoxy) is 1. The first kappa shape index (κ1) is 15.9. The van der Waals surface area contributed by atoms with Gasteiger partial charge in [-0.2, -0.15) is 0 Å². The number of carboxylic acid groups (broad SMARTS) is 1. The van der Waals surface area contributed by atoms with Crippen LogP contribution in [0.5, 0.6) is 0 Å². The van der Waals surface area contributed by atoms with Gasteiger partial charge >= 0.3 is 12.1 Å². The Balaban J connectivity index is 2.12. The minimum absolute atomic E-state index is 0.117. The van der Waals surface area contributed by atoms with Gasteiger partial charge in [-0.1, -0.05) is 18.2 Å². The second-order valence-electron chi connectivity index (χ2n) is 6.00. The molecular formula is C16H19NO5. The highest BCUT2D eigenvalue weighted by Crippen LogP contribution is 2.22. The third-order valence-electron chi connectivity index (χ3n) is 2.97. The molecule has 118 valence electrons. The third kappa shape index (κ3) is 4.00. The molecule has 1 unspecified atom stereocenters. The molecule has 0 saturated heterocycles. The number of rotatable bonds is 4. The van der Waals surface area contributed by atoms with Crippen molar-refractivity contribution < 1.29 is 23.8 Å². The van der Waals surface area contributed by atoms with Crippen LogP contribution in [0.1, 0.15) is 26.3 Å². The standard InChI is InChI=1S/C16H19NO5/c1-16(2,3)22-15(20)17-12(14(18)19)8-10-9-21-13-7-5-4-6-11(10)13/h4-7,9,12H,8H2,1-3H3,(H,17,20)(H,18,19). The van der Waals surface area contributed by atoms with Crippen molar-refractivity contribution in [3.63, 3.8) is 0 Å². The second-order valence-corrected chi connectivity index (χ2v) is 6.00. The highest BCUT2D eigenvalue weighted by atomic mass is 16.6. The summed E-state index contributed by atoms with van der Waals surface area (Å²) in [4.78, 5) is 23.1. The lowest BCUT2D eigenvalue weighted by molar-refractivity contribution is -0.139. The zero-order valence-electron chi connectivity index (χ0n) is 12.8. The van der Waals surface area contributed by atoms with Crippen LogP contribution in [-0.4, -0.2) is 28.8 Å². The van der Waals surface area contributed by atoms with E-state index in [-0.39, 0.29) is 6.42 Å². The molecule has 1 amide bonds. The number of carboxylic acids is 1. The van der Waals surface area contributed by atoms with E-state index < -0.39 is 23.7 Å². The van der Waals surface area contributed by atoms with E-state index in [1.807, 2.05) is 18.2 Å². The van der Waals surface area contributed by atoms with Gasteiger partial charge in [0.1, 0.15) is 17.2 Å². The lowest BCUT2D eigenvalue weighted by Crippen LogP contribution is -2.44. The summed E-state index contributed by atoms with van der Waals surface area (Å²) in [6.07, 6.45) is 0.871. The van der Waals surface area contributed by atoms with Crippen LogP contribution in [0.2, 0.25) is 0 Å². The lowest BCUT2D eigenvalue weighted by Gasteiger charge is -2.21. The molecule has 1 aromatic heterocycles. The number of furan rings is 1. The lowest BCUT2D eigenvalue weighted by atomic mass is 10.1. The Bertz CT molecular complexity index is 683. The number of carbonyl (C=O) groups is 2. The fraction of sp³-hybridized carbons (Fsp3) is 0.375.